The summed E-state index contributed by atoms with van der Waals surface area (Å²) in [5.41, 5.74) is 5.18. The first-order valence-electron chi connectivity index (χ1n) is 21.1. The maximum absolute atomic E-state index is 12.5. The molecule has 1 saturated heterocycles. The Morgan fingerprint density at radius 2 is 1.07 bits per heavy atom. The fourth-order valence-electron chi connectivity index (χ4n) is 6.13. The maximum Gasteiger partial charge on any atom is 0.324 e. The lowest BCUT2D eigenvalue weighted by Crippen LogP contribution is -2.56. The Labute approximate surface area is 379 Å². The van der Waals surface area contributed by atoms with Gasteiger partial charge in [0.05, 0.1) is 13.2 Å². The Morgan fingerprint density at radius 3 is 1.45 bits per heavy atom. The molecule has 0 amide bonds. The molecule has 1 heterocycles. The Morgan fingerprint density at radius 1 is 0.650 bits per heavy atom. The molecule has 0 aliphatic carbocycles. The number of esters is 2. The molecule has 0 spiro atoms. The van der Waals surface area contributed by atoms with Gasteiger partial charge in [0.2, 0.25) is 0 Å². The average molecular weight is 956 g/mol. The maximum atomic E-state index is 12.5. The van der Waals surface area contributed by atoms with Crippen molar-refractivity contribution in [1.82, 2.24) is 25.3 Å². The number of hydrogen-bond donors (Lipinski definition) is 2. The molecule has 1 fully saturated rings. The lowest BCUT2D eigenvalue weighted by molar-refractivity contribution is -0.152. The van der Waals surface area contributed by atoms with Crippen LogP contribution in [0.2, 0.25) is 0 Å². The van der Waals surface area contributed by atoms with E-state index in [-0.39, 0.29) is 30.2 Å². The van der Waals surface area contributed by atoms with Gasteiger partial charge in [-0.15, -0.1) is 0 Å². The van der Waals surface area contributed by atoms with Crippen LogP contribution in [0.1, 0.15) is 64.3 Å². The Kier molecular flexibility index (Phi) is 32.0. The number of halogens is 2. The lowest BCUT2D eigenvalue weighted by atomic mass is 10.1. The smallest absolute Gasteiger partial charge is 0.324 e. The number of carbonyl (C=O) groups excluding carboxylic acids is 2. The monoisotopic (exact) mass is 953 g/mol. The van der Waals surface area contributed by atoms with Crippen LogP contribution in [0.3, 0.4) is 0 Å². The first-order valence-corrected chi connectivity index (χ1v) is 23.1. The Hall–Kier alpha value is -3.42. The molecule has 0 radical (unpaired) electrons. The van der Waals surface area contributed by atoms with Crippen molar-refractivity contribution in [1.29, 1.82) is 0 Å². The van der Waals surface area contributed by atoms with E-state index in [1.807, 2.05) is 43.3 Å². The third kappa shape index (κ3) is 24.1. The van der Waals surface area contributed by atoms with Crippen LogP contribution < -0.4 is 10.6 Å². The molecular weight excluding hydrogens is 882 g/mol. The molecule has 2 unspecified atom stereocenters. The highest BCUT2D eigenvalue weighted by molar-refractivity contribution is 9.12. The van der Waals surface area contributed by atoms with E-state index in [1.54, 1.807) is 6.92 Å². The van der Waals surface area contributed by atoms with Gasteiger partial charge >= 0.3 is 11.9 Å². The van der Waals surface area contributed by atoms with Crippen molar-refractivity contribution in [2.24, 2.45) is 0 Å². The third-order valence-corrected chi connectivity index (χ3v) is 11.7. The second kappa shape index (κ2) is 35.2. The largest absolute Gasteiger partial charge is 0.465 e. The van der Waals surface area contributed by atoms with Crippen LogP contribution in [0.15, 0.2) is 121 Å². The first kappa shape index (κ1) is 54.6. The predicted molar refractivity (Wildman–Crippen MR) is 259 cm³/mol. The van der Waals surface area contributed by atoms with Gasteiger partial charge in [-0.05, 0) is 55.7 Å². The van der Waals surface area contributed by atoms with Crippen LogP contribution in [-0.2, 0) is 45.2 Å². The molecule has 5 rings (SSSR count). The zero-order valence-corrected chi connectivity index (χ0v) is 39.2. The summed E-state index contributed by atoms with van der Waals surface area (Å²) in [6, 6.07) is 41.5. The van der Waals surface area contributed by atoms with Crippen molar-refractivity contribution < 1.29 is 19.1 Å². The van der Waals surface area contributed by atoms with Gasteiger partial charge in [-0.25, -0.2) is 0 Å². The number of ether oxygens (including phenoxy) is 2. The van der Waals surface area contributed by atoms with Crippen LogP contribution in [0.25, 0.3) is 0 Å². The van der Waals surface area contributed by atoms with Crippen LogP contribution in [-0.4, -0.2) is 108 Å². The minimum atomic E-state index is -0.214. The van der Waals surface area contributed by atoms with Crippen molar-refractivity contribution in [3.63, 3.8) is 0 Å². The number of nitrogens with one attached hydrogen (secondary N) is 2. The SMILES string of the molecule is C.CCN(CC)CC.CCOC(=O)C(Br)CBr.CCOC(=O)C1CN(Cc2ccccc2)CCN1Cc1ccccc1.c1ccc(CNCCNCc2ccccc2)cc1. The lowest BCUT2D eigenvalue weighted by Gasteiger charge is -2.40. The molecule has 2 atom stereocenters. The van der Waals surface area contributed by atoms with Gasteiger partial charge in [0.15, 0.2) is 0 Å². The zero-order valence-electron chi connectivity index (χ0n) is 36.0. The van der Waals surface area contributed by atoms with Gasteiger partial charge in [-0.3, -0.25) is 19.4 Å². The molecule has 4 aromatic carbocycles. The minimum absolute atomic E-state index is 0. The first-order chi connectivity index (χ1) is 28.8. The second-order valence-electron chi connectivity index (χ2n) is 13.8. The Balaban J connectivity index is 0.000000448. The Bertz CT molecular complexity index is 1560. The van der Waals surface area contributed by atoms with E-state index in [2.05, 4.69) is 168 Å². The van der Waals surface area contributed by atoms with Crippen molar-refractivity contribution in [2.75, 3.05) is 70.9 Å². The summed E-state index contributed by atoms with van der Waals surface area (Å²) in [7, 11) is 0. The molecule has 1 aliphatic heterocycles. The summed E-state index contributed by atoms with van der Waals surface area (Å²) in [4.78, 5) is 29.9. The summed E-state index contributed by atoms with van der Waals surface area (Å²) in [5.74, 6) is -0.328. The van der Waals surface area contributed by atoms with Crippen molar-refractivity contribution in [3.05, 3.63) is 144 Å². The molecule has 2 N–H and O–H groups in total. The number of nitrogens with zero attached hydrogens (tertiary/aromatic N) is 3. The normalized spacial score (nSPS) is 14.1. The molecule has 0 aromatic heterocycles. The standard InChI is InChI=1S/C21H26N2O2.C16H20N2.C6H15N.C5H8Br2O2.CH4/c1-2-25-21(24)20-17-22(15-18-9-5-3-6-10-18)13-14-23(20)16-19-11-7-4-8-12-19;1-3-7-15(8-4-1)13-17-11-12-18-14-16-9-5-2-6-10-16;1-4-7(5-2)6-3;1-2-9-5(8)4(7)3-6;/h3-12,20H,2,13-17H2,1H3;1-10,17-18H,11-14H2;4-6H2,1-3H3;4H,2-3H2,1H3;1H4. The van der Waals surface area contributed by atoms with Gasteiger partial charge in [0.1, 0.15) is 10.9 Å². The molecule has 4 aromatic rings. The highest BCUT2D eigenvalue weighted by atomic mass is 79.9. The van der Waals surface area contributed by atoms with E-state index in [0.717, 1.165) is 52.4 Å². The quantitative estimate of drug-likeness (QED) is 0.0543. The van der Waals surface area contributed by atoms with Gasteiger partial charge < -0.3 is 25.0 Å². The number of benzene rings is 4. The van der Waals surface area contributed by atoms with Gasteiger partial charge in [0, 0.05) is 64.2 Å². The molecule has 9 nitrogen and oxygen atoms in total. The molecule has 332 valence electrons. The van der Waals surface area contributed by atoms with E-state index >= 15 is 0 Å². The van der Waals surface area contributed by atoms with Crippen molar-refractivity contribution in [2.45, 2.75) is 79.1 Å². The van der Waals surface area contributed by atoms with Crippen LogP contribution in [0.5, 0.6) is 0 Å². The predicted octanol–water partition coefficient (Wildman–Crippen LogP) is 9.19. The number of piperazine rings is 1. The fraction of sp³-hybridized carbons (Fsp3) is 0.469. The van der Waals surface area contributed by atoms with E-state index in [1.165, 1.54) is 41.9 Å². The molecule has 11 heteroatoms. The highest BCUT2D eigenvalue weighted by Crippen LogP contribution is 2.18. The third-order valence-electron chi connectivity index (χ3n) is 9.45. The van der Waals surface area contributed by atoms with Gasteiger partial charge in [-0.2, -0.15) is 0 Å². The summed E-state index contributed by atoms with van der Waals surface area (Å²) >= 11 is 6.26. The van der Waals surface area contributed by atoms with E-state index < -0.39 is 0 Å². The van der Waals surface area contributed by atoms with Gasteiger partial charge in [-0.1, -0.05) is 181 Å². The summed E-state index contributed by atoms with van der Waals surface area (Å²) in [6.45, 7) is 22.7. The van der Waals surface area contributed by atoms with Crippen LogP contribution >= 0.6 is 31.9 Å². The van der Waals surface area contributed by atoms with Crippen molar-refractivity contribution >= 4 is 43.8 Å². The number of rotatable bonds is 19. The number of hydrogen-bond acceptors (Lipinski definition) is 9. The molecule has 60 heavy (non-hydrogen) atoms. The molecule has 1 aliphatic rings. The average Bonchev–Trinajstić information content (AvgIpc) is 3.28. The number of carbonyl (C=O) groups is 2. The van der Waals surface area contributed by atoms with Crippen LogP contribution in [0, 0.1) is 0 Å². The summed E-state index contributed by atoms with van der Waals surface area (Å²) < 4.78 is 10.0. The van der Waals surface area contributed by atoms with E-state index in [9.17, 15) is 9.59 Å². The van der Waals surface area contributed by atoms with Crippen molar-refractivity contribution in [3.8, 4) is 0 Å². The fourth-order valence-corrected chi connectivity index (χ4v) is 6.53. The number of alkyl halides is 2. The minimum Gasteiger partial charge on any atom is -0.465 e. The molecule has 0 saturated carbocycles. The summed E-state index contributed by atoms with van der Waals surface area (Å²) in [6.07, 6.45) is 0. The zero-order chi connectivity index (χ0) is 42.9. The molecule has 0 bridgehead atoms. The topological polar surface area (TPSA) is 86.4 Å². The van der Waals surface area contributed by atoms with E-state index in [4.69, 9.17) is 4.74 Å². The van der Waals surface area contributed by atoms with Crippen LogP contribution in [0.4, 0.5) is 0 Å². The highest BCUT2D eigenvalue weighted by Gasteiger charge is 2.33. The second-order valence-corrected chi connectivity index (χ2v) is 15.5. The molecular formula is C49H73Br2N5O4. The van der Waals surface area contributed by atoms with Gasteiger partial charge in [0.25, 0.3) is 0 Å². The van der Waals surface area contributed by atoms with E-state index in [0.29, 0.717) is 25.1 Å². The summed E-state index contributed by atoms with van der Waals surface area (Å²) in [5, 5.41) is 7.44.